The molecule has 1 saturated carbocycles. The number of hydrogen-bond acceptors (Lipinski definition) is 2. The molecule has 0 radical (unpaired) electrons. The van der Waals surface area contributed by atoms with Crippen LogP contribution in [0.5, 0.6) is 0 Å². The minimum Gasteiger partial charge on any atom is -0.314 e. The van der Waals surface area contributed by atoms with Gasteiger partial charge in [0, 0.05) is 30.4 Å². The standard InChI is InChI=1S/C14H25N3/c1-4-10-17-14(8-9-16-17)12-6-7-13(11(12)3)15-5-2/h8-9,11-13,15H,4-7,10H2,1-3H3. The van der Waals surface area contributed by atoms with Crippen LogP contribution in [0.2, 0.25) is 0 Å². The summed E-state index contributed by atoms with van der Waals surface area (Å²) in [5, 5.41) is 8.06. The van der Waals surface area contributed by atoms with Gasteiger partial charge in [-0.1, -0.05) is 20.8 Å². The van der Waals surface area contributed by atoms with Gasteiger partial charge in [-0.15, -0.1) is 0 Å². The van der Waals surface area contributed by atoms with Gasteiger partial charge in [-0.2, -0.15) is 5.10 Å². The predicted octanol–water partition coefficient (Wildman–Crippen LogP) is 2.78. The van der Waals surface area contributed by atoms with E-state index < -0.39 is 0 Å². The normalized spacial score (nSPS) is 28.8. The van der Waals surface area contributed by atoms with E-state index in [1.54, 1.807) is 0 Å². The summed E-state index contributed by atoms with van der Waals surface area (Å²) in [6.45, 7) is 8.92. The van der Waals surface area contributed by atoms with E-state index >= 15 is 0 Å². The topological polar surface area (TPSA) is 29.9 Å². The highest BCUT2D eigenvalue weighted by atomic mass is 15.3. The third kappa shape index (κ3) is 2.54. The second-order valence-corrected chi connectivity index (χ2v) is 5.19. The molecule has 0 aromatic carbocycles. The zero-order valence-electron chi connectivity index (χ0n) is 11.3. The smallest absolute Gasteiger partial charge is 0.0492 e. The second kappa shape index (κ2) is 5.67. The van der Waals surface area contributed by atoms with Crippen LogP contribution in [0.25, 0.3) is 0 Å². The van der Waals surface area contributed by atoms with Gasteiger partial charge in [0.2, 0.25) is 0 Å². The van der Waals surface area contributed by atoms with E-state index in [1.807, 2.05) is 6.20 Å². The molecule has 1 heterocycles. The van der Waals surface area contributed by atoms with Crippen molar-refractivity contribution >= 4 is 0 Å². The van der Waals surface area contributed by atoms with E-state index in [0.717, 1.165) is 25.4 Å². The average Bonchev–Trinajstić information content (AvgIpc) is 2.89. The van der Waals surface area contributed by atoms with Gasteiger partial charge >= 0.3 is 0 Å². The molecule has 1 aromatic rings. The highest BCUT2D eigenvalue weighted by Crippen LogP contribution is 2.39. The molecule has 3 atom stereocenters. The molecule has 2 rings (SSSR count). The maximum atomic E-state index is 4.45. The molecule has 1 aromatic heterocycles. The number of nitrogens with zero attached hydrogens (tertiary/aromatic N) is 2. The number of aromatic nitrogens is 2. The monoisotopic (exact) mass is 235 g/mol. The molecule has 17 heavy (non-hydrogen) atoms. The van der Waals surface area contributed by atoms with E-state index in [-0.39, 0.29) is 0 Å². The molecule has 0 amide bonds. The van der Waals surface area contributed by atoms with Crippen molar-refractivity contribution in [3.05, 3.63) is 18.0 Å². The van der Waals surface area contributed by atoms with Crippen molar-refractivity contribution in [1.82, 2.24) is 15.1 Å². The minimum absolute atomic E-state index is 0.688. The van der Waals surface area contributed by atoms with Crippen molar-refractivity contribution in [2.24, 2.45) is 5.92 Å². The molecule has 0 spiro atoms. The summed E-state index contributed by atoms with van der Waals surface area (Å²) in [4.78, 5) is 0. The Morgan fingerprint density at radius 3 is 2.94 bits per heavy atom. The Hall–Kier alpha value is -0.830. The lowest BCUT2D eigenvalue weighted by atomic mass is 9.92. The summed E-state index contributed by atoms with van der Waals surface area (Å²) < 4.78 is 2.20. The maximum absolute atomic E-state index is 4.45. The van der Waals surface area contributed by atoms with Crippen LogP contribution < -0.4 is 5.32 Å². The molecule has 0 saturated heterocycles. The molecular weight excluding hydrogens is 210 g/mol. The summed E-state index contributed by atoms with van der Waals surface area (Å²) in [6, 6.07) is 2.90. The fourth-order valence-corrected chi connectivity index (χ4v) is 3.19. The SMILES string of the molecule is CCCn1nccc1C1CCC(NCC)C1C. The first-order chi connectivity index (χ1) is 8.27. The van der Waals surface area contributed by atoms with Gasteiger partial charge in [-0.3, -0.25) is 4.68 Å². The second-order valence-electron chi connectivity index (χ2n) is 5.19. The minimum atomic E-state index is 0.688. The Labute approximate surface area is 105 Å². The van der Waals surface area contributed by atoms with Gasteiger partial charge in [0.25, 0.3) is 0 Å². The van der Waals surface area contributed by atoms with Crippen LogP contribution in [0.3, 0.4) is 0 Å². The van der Waals surface area contributed by atoms with Crippen LogP contribution in [0, 0.1) is 5.92 Å². The molecule has 0 aliphatic heterocycles. The van der Waals surface area contributed by atoms with Crippen molar-refractivity contribution in [2.75, 3.05) is 6.54 Å². The zero-order chi connectivity index (χ0) is 12.3. The number of rotatable bonds is 5. The summed E-state index contributed by atoms with van der Waals surface area (Å²) in [5.74, 6) is 1.41. The van der Waals surface area contributed by atoms with Crippen molar-refractivity contribution in [1.29, 1.82) is 0 Å². The van der Waals surface area contributed by atoms with Crippen LogP contribution >= 0.6 is 0 Å². The van der Waals surface area contributed by atoms with Crippen molar-refractivity contribution < 1.29 is 0 Å². The fourth-order valence-electron chi connectivity index (χ4n) is 3.19. The average molecular weight is 235 g/mol. The molecule has 1 fully saturated rings. The number of hydrogen-bond donors (Lipinski definition) is 1. The Balaban J connectivity index is 2.09. The van der Waals surface area contributed by atoms with Crippen LogP contribution in [-0.2, 0) is 6.54 Å². The van der Waals surface area contributed by atoms with E-state index in [2.05, 4.69) is 41.9 Å². The highest BCUT2D eigenvalue weighted by Gasteiger charge is 2.34. The Bertz CT molecular complexity index is 345. The summed E-state index contributed by atoms with van der Waals surface area (Å²) in [5.41, 5.74) is 1.44. The van der Waals surface area contributed by atoms with Crippen molar-refractivity contribution in [3.8, 4) is 0 Å². The van der Waals surface area contributed by atoms with Crippen LogP contribution in [0.1, 0.15) is 51.6 Å². The first-order valence-electron chi connectivity index (χ1n) is 7.03. The van der Waals surface area contributed by atoms with Gasteiger partial charge in [-0.25, -0.2) is 0 Å². The third-order valence-electron chi connectivity index (χ3n) is 4.09. The van der Waals surface area contributed by atoms with Gasteiger partial charge < -0.3 is 5.32 Å². The summed E-state index contributed by atoms with van der Waals surface area (Å²) in [6.07, 6.45) is 5.72. The van der Waals surface area contributed by atoms with E-state index in [1.165, 1.54) is 18.5 Å². The third-order valence-corrected chi connectivity index (χ3v) is 4.09. The van der Waals surface area contributed by atoms with Crippen molar-refractivity contribution in [2.45, 2.75) is 58.5 Å². The highest BCUT2D eigenvalue weighted by molar-refractivity contribution is 5.13. The first-order valence-corrected chi connectivity index (χ1v) is 7.03. The molecule has 3 unspecified atom stereocenters. The Morgan fingerprint density at radius 1 is 1.41 bits per heavy atom. The molecule has 1 aliphatic carbocycles. The molecule has 1 N–H and O–H groups in total. The van der Waals surface area contributed by atoms with Gasteiger partial charge in [0.05, 0.1) is 0 Å². The molecule has 1 aliphatic rings. The zero-order valence-corrected chi connectivity index (χ0v) is 11.3. The maximum Gasteiger partial charge on any atom is 0.0492 e. The summed E-state index contributed by atoms with van der Waals surface area (Å²) >= 11 is 0. The Kier molecular flexibility index (Phi) is 4.21. The van der Waals surface area contributed by atoms with E-state index in [9.17, 15) is 0 Å². The van der Waals surface area contributed by atoms with Crippen molar-refractivity contribution in [3.63, 3.8) is 0 Å². The molecule has 3 heteroatoms. The molecule has 3 nitrogen and oxygen atoms in total. The quantitative estimate of drug-likeness (QED) is 0.850. The molecular formula is C14H25N3. The lowest BCUT2D eigenvalue weighted by Crippen LogP contribution is -2.32. The van der Waals surface area contributed by atoms with Gasteiger partial charge in [0.15, 0.2) is 0 Å². The first kappa shape index (κ1) is 12.6. The van der Waals surface area contributed by atoms with Crippen LogP contribution in [0.15, 0.2) is 12.3 Å². The lowest BCUT2D eigenvalue weighted by Gasteiger charge is -2.22. The summed E-state index contributed by atoms with van der Waals surface area (Å²) in [7, 11) is 0. The predicted molar refractivity (Wildman–Crippen MR) is 71.1 cm³/mol. The molecule has 96 valence electrons. The van der Waals surface area contributed by atoms with E-state index in [4.69, 9.17) is 0 Å². The fraction of sp³-hybridized carbons (Fsp3) is 0.786. The molecule has 0 bridgehead atoms. The lowest BCUT2D eigenvalue weighted by molar-refractivity contribution is 0.397. The van der Waals surface area contributed by atoms with Gasteiger partial charge in [0.1, 0.15) is 0 Å². The van der Waals surface area contributed by atoms with E-state index in [0.29, 0.717) is 12.0 Å². The number of nitrogens with one attached hydrogen (secondary N) is 1. The largest absolute Gasteiger partial charge is 0.314 e. The van der Waals surface area contributed by atoms with Crippen LogP contribution in [0.4, 0.5) is 0 Å². The van der Waals surface area contributed by atoms with Gasteiger partial charge in [-0.05, 0) is 37.8 Å². The number of aryl methyl sites for hydroxylation is 1. The van der Waals surface area contributed by atoms with Crippen LogP contribution in [-0.4, -0.2) is 22.4 Å². The Morgan fingerprint density at radius 2 is 2.24 bits per heavy atom.